The fraction of sp³-hybridized carbons (Fsp3) is 0.308. The first kappa shape index (κ1) is 14.6. The van der Waals surface area contributed by atoms with Crippen molar-refractivity contribution >= 4 is 28.3 Å². The molecular formula is C13H12F2N2O2S. The largest absolute Gasteiger partial charge is 0.497 e. The molecule has 0 bridgehead atoms. The summed E-state index contributed by atoms with van der Waals surface area (Å²) in [5.41, 5.74) is 0.0154. The number of carbonyl (C=O) groups excluding carboxylic acids is 1. The van der Waals surface area contributed by atoms with E-state index in [9.17, 15) is 13.6 Å². The van der Waals surface area contributed by atoms with Crippen LogP contribution in [-0.4, -0.2) is 29.4 Å². The molecule has 2 rings (SSSR count). The molecule has 7 heteroatoms. The molecule has 0 fully saturated rings. The van der Waals surface area contributed by atoms with Crippen LogP contribution in [0.2, 0.25) is 0 Å². The Labute approximate surface area is 118 Å². The van der Waals surface area contributed by atoms with E-state index in [-0.39, 0.29) is 35.0 Å². The molecule has 0 N–H and O–H groups in total. The molecule has 4 nitrogen and oxygen atoms in total. The zero-order valence-electron chi connectivity index (χ0n) is 10.9. The van der Waals surface area contributed by atoms with E-state index in [4.69, 9.17) is 4.74 Å². The third-order valence-corrected chi connectivity index (χ3v) is 3.69. The Morgan fingerprint density at radius 3 is 2.55 bits per heavy atom. The van der Waals surface area contributed by atoms with Crippen LogP contribution in [0.15, 0.2) is 22.3 Å². The minimum absolute atomic E-state index is 0.00737. The normalized spacial score (nSPS) is 14.0. The topological polar surface area (TPSA) is 51.0 Å². The van der Waals surface area contributed by atoms with Crippen LogP contribution in [0.1, 0.15) is 18.9 Å². The summed E-state index contributed by atoms with van der Waals surface area (Å²) in [6.45, 7) is 1.47. The van der Waals surface area contributed by atoms with Crippen molar-refractivity contribution in [1.82, 2.24) is 0 Å². The zero-order chi connectivity index (χ0) is 14.7. The molecule has 20 heavy (non-hydrogen) atoms. The Kier molecular flexibility index (Phi) is 4.49. The van der Waals surface area contributed by atoms with Gasteiger partial charge in [0.25, 0.3) is 0 Å². The molecule has 0 atom stereocenters. The van der Waals surface area contributed by atoms with Gasteiger partial charge in [-0.05, 0) is 6.92 Å². The summed E-state index contributed by atoms with van der Waals surface area (Å²) in [6.07, 6.45) is 0.220. The SMILES string of the molecule is COc1cc(F)c(C2=NN=C(SCC(C)=O)C2)c(F)c1. The van der Waals surface area contributed by atoms with Crippen LogP contribution in [0.3, 0.4) is 0 Å². The highest BCUT2D eigenvalue weighted by Crippen LogP contribution is 2.25. The fourth-order valence-corrected chi connectivity index (χ4v) is 2.38. The quantitative estimate of drug-likeness (QED) is 0.859. The molecule has 0 radical (unpaired) electrons. The first-order valence-electron chi connectivity index (χ1n) is 5.80. The second kappa shape index (κ2) is 6.13. The maximum atomic E-state index is 13.9. The smallest absolute Gasteiger partial charge is 0.140 e. The number of halogens is 2. The van der Waals surface area contributed by atoms with Crippen LogP contribution in [0.5, 0.6) is 5.75 Å². The molecule has 0 spiro atoms. The first-order chi connectivity index (χ1) is 9.51. The molecule has 0 aromatic heterocycles. The van der Waals surface area contributed by atoms with Gasteiger partial charge in [0.2, 0.25) is 0 Å². The van der Waals surface area contributed by atoms with Gasteiger partial charge in [0.15, 0.2) is 0 Å². The number of nitrogens with zero attached hydrogens (tertiary/aromatic N) is 2. The average Bonchev–Trinajstić information content (AvgIpc) is 2.84. The molecule has 0 amide bonds. The number of methoxy groups -OCH3 is 1. The Bertz CT molecular complexity index is 591. The third-order valence-electron chi connectivity index (χ3n) is 2.58. The molecule has 1 aromatic rings. The van der Waals surface area contributed by atoms with Crippen molar-refractivity contribution in [3.63, 3.8) is 0 Å². The van der Waals surface area contributed by atoms with Crippen LogP contribution in [-0.2, 0) is 4.79 Å². The number of hydrogen-bond donors (Lipinski definition) is 0. The minimum Gasteiger partial charge on any atom is -0.497 e. The molecule has 0 aliphatic carbocycles. The standard InChI is InChI=1S/C13H12F2N2O2S/c1-7(18)6-20-12-5-11(16-17-12)13-9(14)3-8(19-2)4-10(13)15/h3-4H,5-6H2,1-2H3. The monoisotopic (exact) mass is 298 g/mol. The van der Waals surface area contributed by atoms with Gasteiger partial charge in [0.05, 0.1) is 24.1 Å². The lowest BCUT2D eigenvalue weighted by Gasteiger charge is -2.07. The molecule has 1 heterocycles. The van der Waals surface area contributed by atoms with Gasteiger partial charge in [-0.1, -0.05) is 0 Å². The van der Waals surface area contributed by atoms with Crippen molar-refractivity contribution in [2.24, 2.45) is 10.2 Å². The van der Waals surface area contributed by atoms with E-state index in [0.717, 1.165) is 12.1 Å². The summed E-state index contributed by atoms with van der Waals surface area (Å²) in [5, 5.41) is 8.21. The summed E-state index contributed by atoms with van der Waals surface area (Å²) in [4.78, 5) is 10.9. The average molecular weight is 298 g/mol. The molecule has 0 saturated carbocycles. The molecule has 1 aliphatic rings. The van der Waals surface area contributed by atoms with E-state index >= 15 is 0 Å². The van der Waals surface area contributed by atoms with Crippen LogP contribution >= 0.6 is 11.8 Å². The van der Waals surface area contributed by atoms with Crippen molar-refractivity contribution < 1.29 is 18.3 Å². The van der Waals surface area contributed by atoms with Gasteiger partial charge in [-0.25, -0.2) is 8.78 Å². The van der Waals surface area contributed by atoms with Crippen molar-refractivity contribution in [2.45, 2.75) is 13.3 Å². The highest BCUT2D eigenvalue weighted by molar-refractivity contribution is 8.14. The van der Waals surface area contributed by atoms with Gasteiger partial charge in [-0.2, -0.15) is 5.10 Å². The molecule has 0 unspecified atom stereocenters. The van der Waals surface area contributed by atoms with Crippen molar-refractivity contribution in [3.8, 4) is 5.75 Å². The van der Waals surface area contributed by atoms with Crippen LogP contribution in [0.4, 0.5) is 8.78 Å². The third kappa shape index (κ3) is 3.22. The van der Waals surface area contributed by atoms with E-state index < -0.39 is 11.6 Å². The summed E-state index contributed by atoms with van der Waals surface area (Å²) in [7, 11) is 1.33. The number of carbonyl (C=O) groups is 1. The summed E-state index contributed by atoms with van der Waals surface area (Å²) < 4.78 is 32.5. The van der Waals surface area contributed by atoms with Gasteiger partial charge in [0.1, 0.15) is 28.2 Å². The fourth-order valence-electron chi connectivity index (χ4n) is 1.68. The summed E-state index contributed by atoms with van der Waals surface area (Å²) in [6, 6.07) is 2.20. The van der Waals surface area contributed by atoms with E-state index in [1.807, 2.05) is 0 Å². The Morgan fingerprint density at radius 1 is 1.35 bits per heavy atom. The van der Waals surface area contributed by atoms with Gasteiger partial charge < -0.3 is 4.74 Å². The Balaban J connectivity index is 2.14. The molecule has 0 saturated heterocycles. The lowest BCUT2D eigenvalue weighted by Crippen LogP contribution is -2.09. The van der Waals surface area contributed by atoms with Crippen molar-refractivity contribution in [2.75, 3.05) is 12.9 Å². The maximum absolute atomic E-state index is 13.9. The van der Waals surface area contributed by atoms with Gasteiger partial charge in [-0.15, -0.1) is 16.9 Å². The van der Waals surface area contributed by atoms with E-state index in [2.05, 4.69) is 10.2 Å². The number of ketones is 1. The second-order valence-electron chi connectivity index (χ2n) is 4.17. The number of rotatable bonds is 4. The highest BCUT2D eigenvalue weighted by atomic mass is 32.2. The molecular weight excluding hydrogens is 286 g/mol. The van der Waals surface area contributed by atoms with Crippen LogP contribution in [0.25, 0.3) is 0 Å². The summed E-state index contributed by atoms with van der Waals surface area (Å²) >= 11 is 1.23. The lowest BCUT2D eigenvalue weighted by molar-refractivity contribution is -0.114. The van der Waals surface area contributed by atoms with Crippen molar-refractivity contribution in [3.05, 3.63) is 29.3 Å². The van der Waals surface area contributed by atoms with Gasteiger partial charge in [0, 0.05) is 18.6 Å². The number of hydrogen-bond acceptors (Lipinski definition) is 5. The van der Waals surface area contributed by atoms with Crippen LogP contribution in [0, 0.1) is 11.6 Å². The highest BCUT2D eigenvalue weighted by Gasteiger charge is 2.22. The predicted octanol–water partition coefficient (Wildman–Crippen LogP) is 2.80. The zero-order valence-corrected chi connectivity index (χ0v) is 11.8. The first-order valence-corrected chi connectivity index (χ1v) is 6.79. The number of thioether (sulfide) groups is 1. The van der Waals surface area contributed by atoms with Gasteiger partial charge >= 0.3 is 0 Å². The Morgan fingerprint density at radius 2 is 2.00 bits per heavy atom. The summed E-state index contributed by atoms with van der Waals surface area (Å²) in [5.74, 6) is -1.10. The number of ether oxygens (including phenoxy) is 1. The van der Waals surface area contributed by atoms with E-state index in [1.54, 1.807) is 0 Å². The molecule has 1 aromatic carbocycles. The molecule has 106 valence electrons. The van der Waals surface area contributed by atoms with E-state index in [1.165, 1.54) is 25.8 Å². The Hall–Kier alpha value is -1.76. The maximum Gasteiger partial charge on any atom is 0.140 e. The molecule has 1 aliphatic heterocycles. The second-order valence-corrected chi connectivity index (χ2v) is 5.22. The number of benzene rings is 1. The number of Topliss-reactive ketones (excluding diaryl/α,β-unsaturated/α-hetero) is 1. The lowest BCUT2D eigenvalue weighted by atomic mass is 10.1. The van der Waals surface area contributed by atoms with Crippen LogP contribution < -0.4 is 4.74 Å². The van der Waals surface area contributed by atoms with Gasteiger partial charge in [-0.3, -0.25) is 4.79 Å². The minimum atomic E-state index is -0.742. The predicted molar refractivity (Wildman–Crippen MR) is 74.6 cm³/mol. The van der Waals surface area contributed by atoms with Crippen molar-refractivity contribution in [1.29, 1.82) is 0 Å². The van der Waals surface area contributed by atoms with E-state index in [0.29, 0.717) is 5.04 Å².